The summed E-state index contributed by atoms with van der Waals surface area (Å²) in [7, 11) is 0. The molecule has 0 fully saturated rings. The molecule has 0 spiro atoms. The van der Waals surface area contributed by atoms with E-state index >= 15 is 0 Å². The Bertz CT molecular complexity index is 893. The molecule has 140 valence electrons. The van der Waals surface area contributed by atoms with Gasteiger partial charge in [-0.3, -0.25) is 10.00 Å². The van der Waals surface area contributed by atoms with Crippen LogP contribution in [0.2, 0.25) is 0 Å². The molecule has 0 bridgehead atoms. The third-order valence-electron chi connectivity index (χ3n) is 4.54. The molecule has 1 atom stereocenters. The highest BCUT2D eigenvalue weighted by molar-refractivity contribution is 5.62. The van der Waals surface area contributed by atoms with Crippen molar-refractivity contribution in [1.29, 1.82) is 0 Å². The number of nitrogens with zero attached hydrogens (tertiary/aromatic N) is 2. The summed E-state index contributed by atoms with van der Waals surface area (Å²) in [5.41, 5.74) is 4.33. The van der Waals surface area contributed by atoms with Crippen LogP contribution in [0.25, 0.3) is 11.3 Å². The number of rotatable bonds is 7. The van der Waals surface area contributed by atoms with Gasteiger partial charge in [0.05, 0.1) is 18.0 Å². The van der Waals surface area contributed by atoms with Crippen LogP contribution in [0.3, 0.4) is 0 Å². The van der Waals surface area contributed by atoms with E-state index in [9.17, 15) is 5.11 Å². The lowest BCUT2D eigenvalue weighted by molar-refractivity contribution is 0.118. The quantitative estimate of drug-likeness (QED) is 0.673. The van der Waals surface area contributed by atoms with Gasteiger partial charge in [0.25, 0.3) is 0 Å². The van der Waals surface area contributed by atoms with E-state index < -0.39 is 6.10 Å². The second kappa shape index (κ2) is 7.82. The lowest BCUT2D eigenvalue weighted by Crippen LogP contribution is -2.30. The molecule has 6 heteroatoms. The van der Waals surface area contributed by atoms with E-state index in [0.717, 1.165) is 33.9 Å². The molecule has 0 unspecified atom stereocenters. The van der Waals surface area contributed by atoms with Crippen molar-refractivity contribution in [2.75, 3.05) is 13.3 Å². The van der Waals surface area contributed by atoms with E-state index in [2.05, 4.69) is 27.2 Å². The van der Waals surface area contributed by atoms with Crippen molar-refractivity contribution in [3.8, 4) is 22.8 Å². The number of aliphatic hydroxyl groups excluding tert-OH is 1. The number of aromatic nitrogens is 2. The Morgan fingerprint density at radius 2 is 1.93 bits per heavy atom. The van der Waals surface area contributed by atoms with E-state index in [4.69, 9.17) is 9.47 Å². The van der Waals surface area contributed by atoms with Gasteiger partial charge in [-0.1, -0.05) is 36.4 Å². The minimum atomic E-state index is -0.425. The molecule has 27 heavy (non-hydrogen) atoms. The van der Waals surface area contributed by atoms with Crippen molar-refractivity contribution in [2.45, 2.75) is 26.1 Å². The first-order valence-electron chi connectivity index (χ1n) is 9.05. The van der Waals surface area contributed by atoms with Gasteiger partial charge in [0.15, 0.2) is 11.5 Å². The number of hydrogen-bond donors (Lipinski definition) is 2. The summed E-state index contributed by atoms with van der Waals surface area (Å²) in [6.07, 6.45) is 1.43. The molecule has 0 radical (unpaired) electrons. The van der Waals surface area contributed by atoms with Gasteiger partial charge in [0, 0.05) is 25.2 Å². The van der Waals surface area contributed by atoms with Crippen molar-refractivity contribution < 1.29 is 14.6 Å². The average Bonchev–Trinajstić information content (AvgIpc) is 3.30. The minimum Gasteiger partial charge on any atom is -0.454 e. The van der Waals surface area contributed by atoms with Crippen LogP contribution in [-0.2, 0) is 13.1 Å². The van der Waals surface area contributed by atoms with E-state index in [1.54, 1.807) is 6.92 Å². The van der Waals surface area contributed by atoms with Crippen LogP contribution in [0.15, 0.2) is 54.7 Å². The minimum absolute atomic E-state index is 0.269. The zero-order chi connectivity index (χ0) is 18.6. The zero-order valence-corrected chi connectivity index (χ0v) is 15.3. The molecule has 0 aliphatic carbocycles. The number of ether oxygens (including phenoxy) is 2. The molecule has 6 nitrogen and oxygen atoms in total. The van der Waals surface area contributed by atoms with Gasteiger partial charge in [-0.25, -0.2) is 0 Å². The molecule has 2 aromatic carbocycles. The Kier molecular flexibility index (Phi) is 5.09. The second-order valence-electron chi connectivity index (χ2n) is 6.84. The maximum absolute atomic E-state index is 9.96. The predicted molar refractivity (Wildman–Crippen MR) is 102 cm³/mol. The Hall–Kier alpha value is -2.83. The van der Waals surface area contributed by atoms with Crippen LogP contribution in [0.5, 0.6) is 11.5 Å². The Morgan fingerprint density at radius 3 is 2.74 bits per heavy atom. The summed E-state index contributed by atoms with van der Waals surface area (Å²) in [5.74, 6) is 1.56. The standard InChI is InChI=1S/C21H23N3O3/c1-15(25)11-24(12-16-7-8-19-20(9-16)27-14-26-19)13-18-10-22-23-21(18)17-5-3-2-4-6-17/h2-10,15,25H,11-14H2,1H3,(H,22,23)/t15-/m0/s1. The molecule has 4 rings (SSSR count). The van der Waals surface area contributed by atoms with E-state index in [1.807, 2.05) is 42.6 Å². The van der Waals surface area contributed by atoms with Gasteiger partial charge < -0.3 is 14.6 Å². The lowest BCUT2D eigenvalue weighted by atomic mass is 10.1. The van der Waals surface area contributed by atoms with Gasteiger partial charge in [-0.05, 0) is 30.2 Å². The number of aliphatic hydroxyl groups is 1. The van der Waals surface area contributed by atoms with Crippen LogP contribution in [0.1, 0.15) is 18.1 Å². The Labute approximate surface area is 158 Å². The average molecular weight is 365 g/mol. The molecule has 1 aliphatic heterocycles. The number of nitrogens with one attached hydrogen (secondary N) is 1. The first kappa shape index (κ1) is 17.6. The highest BCUT2D eigenvalue weighted by Crippen LogP contribution is 2.33. The first-order valence-corrected chi connectivity index (χ1v) is 9.05. The molecule has 2 N–H and O–H groups in total. The summed E-state index contributed by atoms with van der Waals surface area (Å²) in [6.45, 7) is 4.01. The predicted octanol–water partition coefficient (Wildman–Crippen LogP) is 3.19. The smallest absolute Gasteiger partial charge is 0.231 e. The number of hydrogen-bond acceptors (Lipinski definition) is 5. The van der Waals surface area contributed by atoms with E-state index in [1.165, 1.54) is 0 Å². The van der Waals surface area contributed by atoms with Crippen LogP contribution in [-0.4, -0.2) is 39.6 Å². The van der Waals surface area contributed by atoms with Crippen molar-refractivity contribution in [2.24, 2.45) is 0 Å². The van der Waals surface area contributed by atoms with Gasteiger partial charge >= 0.3 is 0 Å². The fourth-order valence-electron chi connectivity index (χ4n) is 3.38. The maximum Gasteiger partial charge on any atom is 0.231 e. The van der Waals surface area contributed by atoms with E-state index in [-0.39, 0.29) is 6.79 Å². The van der Waals surface area contributed by atoms with Crippen molar-refractivity contribution >= 4 is 0 Å². The molecule has 3 aromatic rings. The Balaban J connectivity index is 1.54. The molecule has 2 heterocycles. The summed E-state index contributed by atoms with van der Waals surface area (Å²) in [6, 6.07) is 16.1. The fourth-order valence-corrected chi connectivity index (χ4v) is 3.38. The number of aromatic amines is 1. The van der Waals surface area contributed by atoms with Gasteiger partial charge in [-0.15, -0.1) is 0 Å². The molecule has 0 saturated heterocycles. The first-order chi connectivity index (χ1) is 13.2. The third kappa shape index (κ3) is 4.13. The highest BCUT2D eigenvalue weighted by atomic mass is 16.7. The third-order valence-corrected chi connectivity index (χ3v) is 4.54. The van der Waals surface area contributed by atoms with Crippen molar-refractivity contribution in [1.82, 2.24) is 15.1 Å². The maximum atomic E-state index is 9.96. The molecule has 1 aromatic heterocycles. The number of benzene rings is 2. The molecule has 0 amide bonds. The lowest BCUT2D eigenvalue weighted by Gasteiger charge is -2.24. The van der Waals surface area contributed by atoms with E-state index in [0.29, 0.717) is 19.6 Å². The van der Waals surface area contributed by atoms with Gasteiger partial charge in [0.2, 0.25) is 6.79 Å². The highest BCUT2D eigenvalue weighted by Gasteiger charge is 2.17. The van der Waals surface area contributed by atoms with Crippen LogP contribution >= 0.6 is 0 Å². The van der Waals surface area contributed by atoms with Crippen LogP contribution in [0.4, 0.5) is 0 Å². The monoisotopic (exact) mass is 365 g/mol. The largest absolute Gasteiger partial charge is 0.454 e. The van der Waals surface area contributed by atoms with Crippen molar-refractivity contribution in [3.05, 3.63) is 65.9 Å². The van der Waals surface area contributed by atoms with Gasteiger partial charge in [-0.2, -0.15) is 5.10 Å². The van der Waals surface area contributed by atoms with Crippen LogP contribution < -0.4 is 9.47 Å². The normalized spacial score (nSPS) is 13.9. The second-order valence-corrected chi connectivity index (χ2v) is 6.84. The van der Waals surface area contributed by atoms with Gasteiger partial charge in [0.1, 0.15) is 0 Å². The van der Waals surface area contributed by atoms with Crippen LogP contribution in [0, 0.1) is 0 Å². The topological polar surface area (TPSA) is 70.6 Å². The van der Waals surface area contributed by atoms with Crippen molar-refractivity contribution in [3.63, 3.8) is 0 Å². The summed E-state index contributed by atoms with van der Waals surface area (Å²) < 4.78 is 10.9. The summed E-state index contributed by atoms with van der Waals surface area (Å²) in [5, 5.41) is 17.3. The molecular formula is C21H23N3O3. The SMILES string of the molecule is C[C@H](O)CN(Cc1ccc2c(c1)OCO2)Cc1cn[nH]c1-c1ccccc1. The Morgan fingerprint density at radius 1 is 1.11 bits per heavy atom. The number of fused-ring (bicyclic) bond motifs is 1. The fraction of sp³-hybridized carbons (Fsp3) is 0.286. The zero-order valence-electron chi connectivity index (χ0n) is 15.3. The molecule has 0 saturated carbocycles. The summed E-state index contributed by atoms with van der Waals surface area (Å²) in [4.78, 5) is 2.21. The molecular weight excluding hydrogens is 342 g/mol. The molecule has 1 aliphatic rings. The summed E-state index contributed by atoms with van der Waals surface area (Å²) >= 11 is 0. The number of H-pyrrole nitrogens is 1.